The van der Waals surface area contributed by atoms with Gasteiger partial charge in [0, 0.05) is 17.8 Å². The minimum absolute atomic E-state index is 0.0109. The van der Waals surface area contributed by atoms with Crippen molar-refractivity contribution in [1.82, 2.24) is 0 Å². The molecule has 0 saturated carbocycles. The van der Waals surface area contributed by atoms with Crippen LogP contribution >= 0.6 is 0 Å². The molecule has 0 bridgehead atoms. The van der Waals surface area contributed by atoms with Gasteiger partial charge in [-0.3, -0.25) is 13.9 Å². The van der Waals surface area contributed by atoms with Gasteiger partial charge in [0.1, 0.15) is 0 Å². The second kappa shape index (κ2) is 9.71. The molecule has 1 aliphatic heterocycles. The summed E-state index contributed by atoms with van der Waals surface area (Å²) >= 11 is 0. The molecule has 0 fully saturated rings. The Bertz CT molecular complexity index is 1420. The average Bonchev–Trinajstić information content (AvgIpc) is 3.29. The van der Waals surface area contributed by atoms with Gasteiger partial charge in [-0.15, -0.1) is 0 Å². The van der Waals surface area contributed by atoms with Crippen molar-refractivity contribution in [3.63, 3.8) is 0 Å². The summed E-state index contributed by atoms with van der Waals surface area (Å²) in [5.74, 6) is -1.56. The summed E-state index contributed by atoms with van der Waals surface area (Å²) in [7, 11) is -3.89. The van der Waals surface area contributed by atoms with Crippen molar-refractivity contribution in [2.24, 2.45) is 0 Å². The van der Waals surface area contributed by atoms with Crippen LogP contribution in [0.1, 0.15) is 40.1 Å². The fourth-order valence-electron chi connectivity index (χ4n) is 3.81. The zero-order chi connectivity index (χ0) is 25.2. The third-order valence-electron chi connectivity index (χ3n) is 5.69. The van der Waals surface area contributed by atoms with E-state index in [4.69, 9.17) is 4.74 Å². The monoisotopic (exact) mass is 492 g/mol. The molecule has 0 spiro atoms. The van der Waals surface area contributed by atoms with E-state index in [1.54, 1.807) is 30.3 Å². The highest BCUT2D eigenvalue weighted by Crippen LogP contribution is 2.32. The number of hydrogen-bond acceptors (Lipinski definition) is 6. The number of nitrogens with zero attached hydrogens (tertiary/aromatic N) is 1. The second-order valence-corrected chi connectivity index (χ2v) is 10.0. The topological polar surface area (TPSA) is 110 Å². The lowest BCUT2D eigenvalue weighted by molar-refractivity contribution is -0.123. The van der Waals surface area contributed by atoms with Crippen LogP contribution in [0.15, 0.2) is 77.7 Å². The SMILES string of the molecule is CC(=O)c1cccc(NC(=O)C(C)OC(=O)c2cccc(S(=O)(=O)N3CCc4ccccc43)c2)c1. The number of benzene rings is 3. The molecule has 1 amide bonds. The molecular formula is C26H24N2O6S. The van der Waals surface area contributed by atoms with Crippen LogP contribution in [-0.2, 0) is 26.0 Å². The Morgan fingerprint density at radius 1 is 0.943 bits per heavy atom. The Morgan fingerprint density at radius 2 is 1.66 bits per heavy atom. The van der Waals surface area contributed by atoms with E-state index >= 15 is 0 Å². The number of esters is 1. The predicted octanol–water partition coefficient (Wildman–Crippen LogP) is 3.82. The fraction of sp³-hybridized carbons (Fsp3) is 0.192. The van der Waals surface area contributed by atoms with Crippen molar-refractivity contribution in [3.8, 4) is 0 Å². The van der Waals surface area contributed by atoms with Crippen LogP contribution in [0.5, 0.6) is 0 Å². The number of fused-ring (bicyclic) bond motifs is 1. The number of nitrogens with one attached hydrogen (secondary N) is 1. The number of rotatable bonds is 7. The highest BCUT2D eigenvalue weighted by Gasteiger charge is 2.31. The van der Waals surface area contributed by atoms with Crippen molar-refractivity contribution in [3.05, 3.63) is 89.5 Å². The van der Waals surface area contributed by atoms with Gasteiger partial charge in [0.15, 0.2) is 11.9 Å². The van der Waals surface area contributed by atoms with E-state index in [2.05, 4.69) is 5.32 Å². The summed E-state index contributed by atoms with van der Waals surface area (Å²) in [5.41, 5.74) is 2.41. The number of para-hydroxylation sites is 1. The molecular weight excluding hydrogens is 468 g/mol. The summed E-state index contributed by atoms with van der Waals surface area (Å²) in [6.45, 7) is 3.14. The standard InChI is InChI=1S/C26H24N2O6S/c1-17(29)20-8-5-10-22(15-20)27-25(30)18(2)34-26(31)21-9-6-11-23(16-21)35(32,33)28-14-13-19-7-3-4-12-24(19)28/h3-12,15-16,18H,13-14H2,1-2H3,(H,27,30). The number of carbonyl (C=O) groups excluding carboxylic acids is 3. The first-order chi connectivity index (χ1) is 16.7. The molecule has 35 heavy (non-hydrogen) atoms. The lowest BCUT2D eigenvalue weighted by atomic mass is 10.1. The van der Waals surface area contributed by atoms with Crippen LogP contribution in [0.4, 0.5) is 11.4 Å². The zero-order valence-electron chi connectivity index (χ0n) is 19.2. The summed E-state index contributed by atoms with van der Waals surface area (Å²) in [4.78, 5) is 36.7. The molecule has 1 unspecified atom stereocenters. The van der Waals surface area contributed by atoms with E-state index in [0.29, 0.717) is 29.9 Å². The second-order valence-electron chi connectivity index (χ2n) is 8.16. The molecule has 1 aliphatic rings. The highest BCUT2D eigenvalue weighted by atomic mass is 32.2. The lowest BCUT2D eigenvalue weighted by Crippen LogP contribution is -2.30. The first-order valence-electron chi connectivity index (χ1n) is 11.0. The summed E-state index contributed by atoms with van der Waals surface area (Å²) in [6.07, 6.45) is -0.548. The number of amides is 1. The van der Waals surface area contributed by atoms with Crippen molar-refractivity contribution < 1.29 is 27.5 Å². The van der Waals surface area contributed by atoms with Gasteiger partial charge >= 0.3 is 5.97 Å². The van der Waals surface area contributed by atoms with Crippen molar-refractivity contribution in [2.45, 2.75) is 31.3 Å². The molecule has 0 aliphatic carbocycles. The summed E-state index contributed by atoms with van der Waals surface area (Å²) in [5, 5.41) is 2.60. The smallest absolute Gasteiger partial charge is 0.338 e. The molecule has 9 heteroatoms. The third kappa shape index (κ3) is 5.09. The van der Waals surface area contributed by atoms with Crippen molar-refractivity contribution in [1.29, 1.82) is 0 Å². The molecule has 3 aromatic carbocycles. The van der Waals surface area contributed by atoms with E-state index in [9.17, 15) is 22.8 Å². The minimum atomic E-state index is -3.89. The Balaban J connectivity index is 1.47. The quantitative estimate of drug-likeness (QED) is 0.397. The highest BCUT2D eigenvalue weighted by molar-refractivity contribution is 7.92. The molecule has 0 radical (unpaired) electrons. The van der Waals surface area contributed by atoms with Crippen molar-refractivity contribution >= 4 is 39.1 Å². The largest absolute Gasteiger partial charge is 0.449 e. The average molecular weight is 493 g/mol. The number of ether oxygens (including phenoxy) is 1. The van der Waals surface area contributed by atoms with Gasteiger partial charge in [-0.2, -0.15) is 0 Å². The molecule has 4 rings (SSSR count). The molecule has 3 aromatic rings. The molecule has 8 nitrogen and oxygen atoms in total. The van der Waals surface area contributed by atoms with E-state index in [-0.39, 0.29) is 16.2 Å². The molecule has 1 heterocycles. The maximum absolute atomic E-state index is 13.3. The predicted molar refractivity (Wildman–Crippen MR) is 131 cm³/mol. The number of sulfonamides is 1. The molecule has 1 N–H and O–H groups in total. The number of ketones is 1. The zero-order valence-corrected chi connectivity index (χ0v) is 20.0. The van der Waals surface area contributed by atoms with Crippen molar-refractivity contribution in [2.75, 3.05) is 16.2 Å². The van der Waals surface area contributed by atoms with Crippen LogP contribution in [0, 0.1) is 0 Å². The van der Waals surface area contributed by atoms with E-state index in [0.717, 1.165) is 5.56 Å². The lowest BCUT2D eigenvalue weighted by Gasteiger charge is -2.20. The van der Waals surface area contributed by atoms with Gasteiger partial charge in [0.25, 0.3) is 15.9 Å². The Kier molecular flexibility index (Phi) is 6.70. The third-order valence-corrected chi connectivity index (χ3v) is 7.50. The summed E-state index contributed by atoms with van der Waals surface area (Å²) in [6, 6.07) is 19.3. The van der Waals surface area contributed by atoms with Gasteiger partial charge in [0.2, 0.25) is 0 Å². The van der Waals surface area contributed by atoms with Crippen LogP contribution in [0.2, 0.25) is 0 Å². The molecule has 180 valence electrons. The van der Waals surface area contributed by atoms with Gasteiger partial charge in [-0.25, -0.2) is 13.2 Å². The Labute approximate surface area is 203 Å². The van der Waals surface area contributed by atoms with Gasteiger partial charge in [0.05, 0.1) is 16.1 Å². The van der Waals surface area contributed by atoms with E-state index < -0.39 is 28.0 Å². The molecule has 0 saturated heterocycles. The maximum atomic E-state index is 13.3. The van der Waals surface area contributed by atoms with E-state index in [1.165, 1.54) is 48.5 Å². The van der Waals surface area contributed by atoms with Crippen LogP contribution in [0.25, 0.3) is 0 Å². The number of hydrogen-bond donors (Lipinski definition) is 1. The Morgan fingerprint density at radius 3 is 2.43 bits per heavy atom. The fourth-order valence-corrected chi connectivity index (χ4v) is 5.36. The van der Waals surface area contributed by atoms with Crippen LogP contribution in [0.3, 0.4) is 0 Å². The summed E-state index contributed by atoms with van der Waals surface area (Å²) < 4.78 is 33.1. The number of carbonyl (C=O) groups is 3. The van der Waals surface area contributed by atoms with Gasteiger partial charge in [-0.05, 0) is 62.2 Å². The molecule has 1 atom stereocenters. The van der Waals surface area contributed by atoms with E-state index in [1.807, 2.05) is 12.1 Å². The first-order valence-corrected chi connectivity index (χ1v) is 12.4. The Hall–Kier alpha value is -3.98. The normalized spacial score (nSPS) is 13.6. The minimum Gasteiger partial charge on any atom is -0.449 e. The maximum Gasteiger partial charge on any atom is 0.338 e. The first kappa shape index (κ1) is 24.2. The van der Waals surface area contributed by atoms with Gasteiger partial charge < -0.3 is 10.1 Å². The molecule has 0 aromatic heterocycles. The van der Waals surface area contributed by atoms with Crippen LogP contribution in [-0.4, -0.2) is 38.7 Å². The number of Topliss-reactive ketones (excluding diaryl/α,β-unsaturated/α-hetero) is 1. The van der Waals surface area contributed by atoms with Gasteiger partial charge in [-0.1, -0.05) is 36.4 Å². The van der Waals surface area contributed by atoms with Crippen LogP contribution < -0.4 is 9.62 Å². The number of anilines is 2.